The molecule has 94 valence electrons. The highest BCUT2D eigenvalue weighted by atomic mass is 32.2. The van der Waals surface area contributed by atoms with Crippen molar-refractivity contribution in [1.82, 2.24) is 15.0 Å². The number of rotatable bonds is 2. The van der Waals surface area contributed by atoms with Gasteiger partial charge >= 0.3 is 6.18 Å². The maximum absolute atomic E-state index is 12.7. The first-order chi connectivity index (χ1) is 8.47. The first-order valence-electron chi connectivity index (χ1n) is 4.73. The van der Waals surface area contributed by atoms with E-state index < -0.39 is 11.7 Å². The molecule has 2 rings (SSSR count). The van der Waals surface area contributed by atoms with E-state index in [1.807, 2.05) is 0 Å². The molecule has 0 radical (unpaired) electrons. The first kappa shape index (κ1) is 12.6. The fourth-order valence-electron chi connectivity index (χ4n) is 1.21. The molecule has 8 heteroatoms. The Bertz CT molecular complexity index is 559. The van der Waals surface area contributed by atoms with Crippen LogP contribution in [-0.4, -0.2) is 15.0 Å². The van der Waals surface area contributed by atoms with Crippen LogP contribution in [0.5, 0.6) is 0 Å². The van der Waals surface area contributed by atoms with E-state index in [1.165, 1.54) is 24.7 Å². The van der Waals surface area contributed by atoms with Crippen LogP contribution in [-0.2, 0) is 6.18 Å². The van der Waals surface area contributed by atoms with Crippen LogP contribution in [0.2, 0.25) is 0 Å². The van der Waals surface area contributed by atoms with Crippen molar-refractivity contribution in [3.05, 3.63) is 36.4 Å². The maximum atomic E-state index is 12.7. The third-order valence-corrected chi connectivity index (χ3v) is 2.91. The monoisotopic (exact) mass is 272 g/mol. The van der Waals surface area contributed by atoms with E-state index in [1.54, 1.807) is 0 Å². The van der Waals surface area contributed by atoms with Gasteiger partial charge in [0.15, 0.2) is 0 Å². The number of nitrogens with zero attached hydrogens (tertiary/aromatic N) is 3. The molecular formula is C10H7F3N4S. The predicted octanol–water partition coefficient (Wildman–Crippen LogP) is 2.62. The van der Waals surface area contributed by atoms with Crippen molar-refractivity contribution < 1.29 is 13.2 Å². The van der Waals surface area contributed by atoms with Gasteiger partial charge in [0.2, 0.25) is 0 Å². The van der Waals surface area contributed by atoms with Gasteiger partial charge in [-0.1, -0.05) is 11.8 Å². The van der Waals surface area contributed by atoms with Crippen LogP contribution in [0, 0.1) is 0 Å². The van der Waals surface area contributed by atoms with E-state index >= 15 is 0 Å². The average Bonchev–Trinajstić information content (AvgIpc) is 2.28. The van der Waals surface area contributed by atoms with E-state index in [0.29, 0.717) is 5.03 Å². The van der Waals surface area contributed by atoms with Crippen LogP contribution in [0.3, 0.4) is 0 Å². The zero-order chi connectivity index (χ0) is 13.2. The molecule has 0 spiro atoms. The molecule has 2 N–H and O–H groups in total. The van der Waals surface area contributed by atoms with E-state index in [9.17, 15) is 13.2 Å². The summed E-state index contributed by atoms with van der Waals surface area (Å²) in [5.41, 5.74) is 4.61. The normalized spacial score (nSPS) is 11.5. The van der Waals surface area contributed by atoms with Crippen LogP contribution in [0.25, 0.3) is 0 Å². The molecule has 0 fully saturated rings. The summed E-state index contributed by atoms with van der Waals surface area (Å²) in [5, 5.41) is 0.298. The van der Waals surface area contributed by atoms with Crippen LogP contribution in [0.4, 0.5) is 19.0 Å². The van der Waals surface area contributed by atoms with E-state index in [0.717, 1.165) is 18.0 Å². The molecule has 0 aliphatic heterocycles. The van der Waals surface area contributed by atoms with Crippen molar-refractivity contribution in [3.8, 4) is 0 Å². The second kappa shape index (κ2) is 4.81. The van der Waals surface area contributed by atoms with Crippen molar-refractivity contribution in [2.24, 2.45) is 0 Å². The van der Waals surface area contributed by atoms with E-state index in [2.05, 4.69) is 15.0 Å². The summed E-state index contributed by atoms with van der Waals surface area (Å²) >= 11 is 0.842. The average molecular weight is 272 g/mol. The lowest BCUT2D eigenvalue weighted by molar-refractivity contribution is -0.140. The van der Waals surface area contributed by atoms with Gasteiger partial charge in [-0.3, -0.25) is 9.97 Å². The van der Waals surface area contributed by atoms with Gasteiger partial charge in [0.25, 0.3) is 0 Å². The van der Waals surface area contributed by atoms with Gasteiger partial charge in [-0.25, -0.2) is 4.98 Å². The van der Waals surface area contributed by atoms with E-state index in [4.69, 9.17) is 5.73 Å². The molecular weight excluding hydrogens is 265 g/mol. The van der Waals surface area contributed by atoms with Gasteiger partial charge in [0.05, 0.1) is 18.0 Å². The molecule has 4 nitrogen and oxygen atoms in total. The summed E-state index contributed by atoms with van der Waals surface area (Å²) in [4.78, 5) is 11.1. The molecule has 0 aliphatic rings. The minimum absolute atomic E-state index is 0.0115. The highest BCUT2D eigenvalue weighted by molar-refractivity contribution is 7.99. The molecule has 0 atom stereocenters. The number of alkyl halides is 3. The Morgan fingerprint density at radius 3 is 2.56 bits per heavy atom. The number of nitrogens with two attached hydrogens (primary N) is 1. The van der Waals surface area contributed by atoms with Crippen LogP contribution >= 0.6 is 11.8 Å². The quantitative estimate of drug-likeness (QED) is 0.910. The summed E-state index contributed by atoms with van der Waals surface area (Å²) in [6.07, 6.45) is 0.284. The van der Waals surface area contributed by atoms with Crippen molar-refractivity contribution in [3.63, 3.8) is 0 Å². The zero-order valence-corrected chi connectivity index (χ0v) is 9.66. The second-order valence-electron chi connectivity index (χ2n) is 3.25. The minimum atomic E-state index is -4.45. The molecule has 2 aromatic rings. The fourth-order valence-corrected chi connectivity index (χ4v) is 2.11. The number of pyridine rings is 1. The topological polar surface area (TPSA) is 64.7 Å². The summed E-state index contributed by atoms with van der Waals surface area (Å²) in [6.45, 7) is 0. The number of aromatic nitrogens is 3. The Morgan fingerprint density at radius 2 is 1.89 bits per heavy atom. The van der Waals surface area contributed by atoms with Gasteiger partial charge in [-0.15, -0.1) is 0 Å². The highest BCUT2D eigenvalue weighted by Crippen LogP contribution is 2.38. The Morgan fingerprint density at radius 1 is 1.11 bits per heavy atom. The Kier molecular flexibility index (Phi) is 3.37. The van der Waals surface area contributed by atoms with Gasteiger partial charge in [0, 0.05) is 17.3 Å². The Balaban J connectivity index is 2.35. The predicted molar refractivity (Wildman–Crippen MR) is 59.8 cm³/mol. The highest BCUT2D eigenvalue weighted by Gasteiger charge is 2.34. The summed E-state index contributed by atoms with van der Waals surface area (Å²) in [6, 6.07) is 1.28. The van der Waals surface area contributed by atoms with Gasteiger partial charge in [0.1, 0.15) is 10.8 Å². The van der Waals surface area contributed by atoms with Crippen molar-refractivity contribution in [2.75, 3.05) is 5.73 Å². The molecule has 0 aliphatic carbocycles. The number of nitrogen functional groups attached to an aromatic ring is 1. The van der Waals surface area contributed by atoms with Gasteiger partial charge in [-0.2, -0.15) is 13.2 Å². The third-order valence-electron chi connectivity index (χ3n) is 1.93. The molecule has 0 saturated heterocycles. The second-order valence-corrected chi connectivity index (χ2v) is 4.32. The Hall–Kier alpha value is -1.83. The molecule has 0 bridgehead atoms. The van der Waals surface area contributed by atoms with Crippen LogP contribution in [0.15, 0.2) is 40.8 Å². The number of hydrogen-bond acceptors (Lipinski definition) is 5. The van der Waals surface area contributed by atoms with Crippen molar-refractivity contribution in [2.45, 2.75) is 16.1 Å². The maximum Gasteiger partial charge on any atom is 0.418 e. The molecule has 0 unspecified atom stereocenters. The molecule has 2 aromatic heterocycles. The minimum Gasteiger partial charge on any atom is -0.382 e. The number of halogens is 3. The summed E-state index contributed by atoms with van der Waals surface area (Å²) in [7, 11) is 0. The SMILES string of the molecule is Nc1cncc(Sc2ccncc2C(F)(F)F)n1. The number of anilines is 1. The third kappa shape index (κ3) is 2.89. The zero-order valence-electron chi connectivity index (χ0n) is 8.85. The number of hydrogen-bond donors (Lipinski definition) is 1. The molecule has 18 heavy (non-hydrogen) atoms. The van der Waals surface area contributed by atoms with Crippen molar-refractivity contribution in [1.29, 1.82) is 0 Å². The smallest absolute Gasteiger partial charge is 0.382 e. The van der Waals surface area contributed by atoms with E-state index in [-0.39, 0.29) is 10.7 Å². The molecule has 0 aromatic carbocycles. The van der Waals surface area contributed by atoms with Crippen LogP contribution in [0.1, 0.15) is 5.56 Å². The molecule has 0 saturated carbocycles. The lowest BCUT2D eigenvalue weighted by atomic mass is 10.3. The fraction of sp³-hybridized carbons (Fsp3) is 0.100. The van der Waals surface area contributed by atoms with Crippen molar-refractivity contribution >= 4 is 17.6 Å². The molecule has 0 amide bonds. The summed E-state index contributed by atoms with van der Waals surface area (Å²) < 4.78 is 38.1. The Labute approximate surface area is 104 Å². The standard InChI is InChI=1S/C10H7F3N4S/c11-10(12,13)6-3-15-2-1-7(6)18-9-5-16-4-8(14)17-9/h1-5H,(H2,14,17). The van der Waals surface area contributed by atoms with Crippen LogP contribution < -0.4 is 5.73 Å². The largest absolute Gasteiger partial charge is 0.418 e. The van der Waals surface area contributed by atoms with Gasteiger partial charge < -0.3 is 5.73 Å². The molecule has 2 heterocycles. The van der Waals surface area contributed by atoms with Gasteiger partial charge in [-0.05, 0) is 6.07 Å². The summed E-state index contributed by atoms with van der Waals surface area (Å²) in [5.74, 6) is 0.155. The first-order valence-corrected chi connectivity index (χ1v) is 5.55. The lowest BCUT2D eigenvalue weighted by Crippen LogP contribution is -2.07. The lowest BCUT2D eigenvalue weighted by Gasteiger charge is -2.10.